The van der Waals surface area contributed by atoms with Crippen molar-refractivity contribution in [3.05, 3.63) is 90.0 Å². The van der Waals surface area contributed by atoms with Crippen LogP contribution in [0.1, 0.15) is 42.6 Å². The highest BCUT2D eigenvalue weighted by Gasteiger charge is 2.24. The summed E-state index contributed by atoms with van der Waals surface area (Å²) in [4.78, 5) is 65.7. The molecule has 0 unspecified atom stereocenters. The molecular formula is C33H39N5O6. The Labute approximate surface area is 257 Å². The Morgan fingerprint density at radius 2 is 1.34 bits per heavy atom. The number of carbonyl (C=O) groups is 5. The van der Waals surface area contributed by atoms with E-state index in [0.29, 0.717) is 29.0 Å². The van der Waals surface area contributed by atoms with Gasteiger partial charge in [-0.25, -0.2) is 4.79 Å². The summed E-state index contributed by atoms with van der Waals surface area (Å²) < 4.78 is 0. The second kappa shape index (κ2) is 16.4. The minimum atomic E-state index is -1.09. The predicted molar refractivity (Wildman–Crippen MR) is 170 cm³/mol. The topological polar surface area (TPSA) is 148 Å². The number of amides is 5. The van der Waals surface area contributed by atoms with Gasteiger partial charge in [-0.2, -0.15) is 0 Å². The van der Waals surface area contributed by atoms with Gasteiger partial charge >= 0.3 is 12.0 Å². The number of aliphatic carboxylic acids is 1. The normalized spacial score (nSPS) is 10.5. The van der Waals surface area contributed by atoms with Gasteiger partial charge in [0.1, 0.15) is 6.54 Å². The van der Waals surface area contributed by atoms with Gasteiger partial charge in [0.15, 0.2) is 0 Å². The maximum Gasteiger partial charge on any atom is 0.323 e. The number of para-hydroxylation sites is 1. The maximum absolute atomic E-state index is 13.4. The third-order valence-corrected chi connectivity index (χ3v) is 6.71. The van der Waals surface area contributed by atoms with E-state index in [1.807, 2.05) is 39.0 Å². The molecule has 44 heavy (non-hydrogen) atoms. The molecule has 232 valence electrons. The zero-order valence-electron chi connectivity index (χ0n) is 25.2. The van der Waals surface area contributed by atoms with E-state index >= 15 is 0 Å². The van der Waals surface area contributed by atoms with E-state index in [4.69, 9.17) is 0 Å². The van der Waals surface area contributed by atoms with Gasteiger partial charge in [-0.15, -0.1) is 0 Å². The molecule has 4 N–H and O–H groups in total. The number of anilines is 3. The van der Waals surface area contributed by atoms with Crippen LogP contribution in [0.25, 0.3) is 0 Å². The molecule has 0 aliphatic carbocycles. The first-order chi connectivity index (χ1) is 21.0. The molecule has 0 saturated carbocycles. The van der Waals surface area contributed by atoms with E-state index in [-0.39, 0.29) is 38.5 Å². The van der Waals surface area contributed by atoms with Crippen LogP contribution in [0.2, 0.25) is 0 Å². The smallest absolute Gasteiger partial charge is 0.323 e. The third-order valence-electron chi connectivity index (χ3n) is 6.71. The zero-order valence-corrected chi connectivity index (χ0v) is 25.2. The third kappa shape index (κ3) is 10.9. The Hall–Kier alpha value is -5.19. The summed E-state index contributed by atoms with van der Waals surface area (Å²) in [5.41, 5.74) is 2.95. The van der Waals surface area contributed by atoms with Gasteiger partial charge in [0.25, 0.3) is 5.91 Å². The van der Waals surface area contributed by atoms with E-state index in [0.717, 1.165) is 5.56 Å². The van der Waals surface area contributed by atoms with E-state index in [9.17, 15) is 29.1 Å². The quantitative estimate of drug-likeness (QED) is 0.203. The van der Waals surface area contributed by atoms with E-state index in [1.54, 1.807) is 60.7 Å². The molecule has 3 aromatic carbocycles. The summed E-state index contributed by atoms with van der Waals surface area (Å²) in [7, 11) is 0. The highest BCUT2D eigenvalue weighted by molar-refractivity contribution is 6.01. The number of hydrogen-bond donors (Lipinski definition) is 4. The van der Waals surface area contributed by atoms with Crippen LogP contribution in [0, 0.1) is 12.8 Å². The molecule has 11 heteroatoms. The van der Waals surface area contributed by atoms with Crippen molar-refractivity contribution in [3.8, 4) is 0 Å². The summed E-state index contributed by atoms with van der Waals surface area (Å²) in [5.74, 6) is -2.20. The van der Waals surface area contributed by atoms with Gasteiger partial charge in [0.2, 0.25) is 11.8 Å². The molecule has 0 fully saturated rings. The fraction of sp³-hybridized carbons (Fsp3) is 0.303. The Morgan fingerprint density at radius 3 is 1.95 bits per heavy atom. The zero-order chi connectivity index (χ0) is 32.1. The largest absolute Gasteiger partial charge is 0.481 e. The molecular weight excluding hydrogens is 562 g/mol. The average molecular weight is 602 g/mol. The molecule has 5 amide bonds. The lowest BCUT2D eigenvalue weighted by atomic mass is 10.1. The molecule has 0 saturated heterocycles. The monoisotopic (exact) mass is 601 g/mol. The van der Waals surface area contributed by atoms with Crippen molar-refractivity contribution in [2.45, 2.75) is 33.6 Å². The standard InChI is InChI=1S/C33H39N5O6/c1-23(2)17-19-37(30(40)22-38(20-18-31(41)42)32(43)25-10-5-4-6-11-25)21-29(39)34-26-13-15-27(16-14-26)35-33(44)36-28-12-8-7-9-24(28)3/h4-16,23H,17-22H2,1-3H3,(H,34,39)(H,41,42)(H2,35,36,44). The molecule has 3 rings (SSSR count). The fourth-order valence-corrected chi connectivity index (χ4v) is 4.22. The number of nitrogens with one attached hydrogen (secondary N) is 3. The van der Waals surface area contributed by atoms with E-state index < -0.39 is 29.7 Å². The van der Waals surface area contributed by atoms with Gasteiger partial charge in [-0.1, -0.05) is 50.2 Å². The van der Waals surface area contributed by atoms with Crippen molar-refractivity contribution in [1.29, 1.82) is 0 Å². The summed E-state index contributed by atoms with van der Waals surface area (Å²) in [6.07, 6.45) is 0.308. The minimum Gasteiger partial charge on any atom is -0.481 e. The van der Waals surface area contributed by atoms with Crippen molar-refractivity contribution in [2.24, 2.45) is 5.92 Å². The van der Waals surface area contributed by atoms with Crippen molar-refractivity contribution >= 4 is 46.8 Å². The molecule has 0 aromatic heterocycles. The van der Waals surface area contributed by atoms with Crippen LogP contribution in [-0.2, 0) is 14.4 Å². The first kappa shape index (κ1) is 33.3. The van der Waals surface area contributed by atoms with Crippen LogP contribution in [0.3, 0.4) is 0 Å². The van der Waals surface area contributed by atoms with Crippen molar-refractivity contribution in [2.75, 3.05) is 42.1 Å². The van der Waals surface area contributed by atoms with Crippen LogP contribution in [-0.4, -0.2) is 70.8 Å². The van der Waals surface area contributed by atoms with Crippen molar-refractivity contribution in [3.63, 3.8) is 0 Å². The number of urea groups is 1. The van der Waals surface area contributed by atoms with Crippen LogP contribution in [0.5, 0.6) is 0 Å². The van der Waals surface area contributed by atoms with Crippen LogP contribution >= 0.6 is 0 Å². The van der Waals surface area contributed by atoms with Gasteiger partial charge in [-0.3, -0.25) is 19.2 Å². The molecule has 0 atom stereocenters. The molecule has 0 radical (unpaired) electrons. The lowest BCUT2D eigenvalue weighted by Gasteiger charge is -2.28. The Kier molecular flexibility index (Phi) is 12.5. The lowest BCUT2D eigenvalue weighted by molar-refractivity contribution is -0.138. The first-order valence-electron chi connectivity index (χ1n) is 14.4. The molecule has 3 aromatic rings. The summed E-state index contributed by atoms with van der Waals surface area (Å²) in [5, 5.41) is 17.5. The molecule has 0 heterocycles. The number of carboxylic acids is 1. The van der Waals surface area contributed by atoms with Gasteiger partial charge in [0, 0.05) is 35.7 Å². The number of hydrogen-bond acceptors (Lipinski definition) is 5. The predicted octanol–water partition coefficient (Wildman–Crippen LogP) is 5.07. The molecule has 0 aliphatic rings. The Bertz CT molecular complexity index is 1440. The second-order valence-corrected chi connectivity index (χ2v) is 10.8. The van der Waals surface area contributed by atoms with E-state index in [1.165, 1.54) is 9.80 Å². The molecule has 0 bridgehead atoms. The lowest BCUT2D eigenvalue weighted by Crippen LogP contribution is -2.46. The van der Waals surface area contributed by atoms with Gasteiger partial charge in [-0.05, 0) is 67.3 Å². The van der Waals surface area contributed by atoms with Crippen LogP contribution < -0.4 is 16.0 Å². The molecule has 0 spiro atoms. The summed E-state index contributed by atoms with van der Waals surface area (Å²) >= 11 is 0. The van der Waals surface area contributed by atoms with Gasteiger partial charge in [0.05, 0.1) is 13.0 Å². The Balaban J connectivity index is 1.63. The number of rotatable bonds is 14. The molecule has 0 aliphatic heterocycles. The van der Waals surface area contributed by atoms with E-state index in [2.05, 4.69) is 16.0 Å². The van der Waals surface area contributed by atoms with Crippen molar-refractivity contribution in [1.82, 2.24) is 9.80 Å². The number of nitrogens with zero attached hydrogens (tertiary/aromatic N) is 2. The summed E-state index contributed by atoms with van der Waals surface area (Å²) in [6, 6.07) is 21.9. The number of carbonyl (C=O) groups excluding carboxylic acids is 4. The maximum atomic E-state index is 13.4. The fourth-order valence-electron chi connectivity index (χ4n) is 4.22. The molecule has 11 nitrogen and oxygen atoms in total. The number of carboxylic acid groups (broad SMARTS) is 1. The first-order valence-corrected chi connectivity index (χ1v) is 14.4. The van der Waals surface area contributed by atoms with Crippen molar-refractivity contribution < 1.29 is 29.1 Å². The minimum absolute atomic E-state index is 0.150. The second-order valence-electron chi connectivity index (χ2n) is 10.8. The highest BCUT2D eigenvalue weighted by Crippen LogP contribution is 2.17. The van der Waals surface area contributed by atoms with Crippen LogP contribution in [0.4, 0.5) is 21.9 Å². The number of benzene rings is 3. The highest BCUT2D eigenvalue weighted by atomic mass is 16.4. The Morgan fingerprint density at radius 1 is 0.727 bits per heavy atom. The average Bonchev–Trinajstić information content (AvgIpc) is 2.99. The number of aryl methyl sites for hydroxylation is 1. The van der Waals surface area contributed by atoms with Crippen LogP contribution in [0.15, 0.2) is 78.9 Å². The SMILES string of the molecule is Cc1ccccc1NC(=O)Nc1ccc(NC(=O)CN(CCC(C)C)C(=O)CN(CCC(=O)O)C(=O)c2ccccc2)cc1. The summed E-state index contributed by atoms with van der Waals surface area (Å²) in [6.45, 7) is 5.41. The van der Waals surface area contributed by atoms with Gasteiger partial charge < -0.3 is 30.9 Å².